The van der Waals surface area contributed by atoms with Crippen molar-refractivity contribution in [1.29, 1.82) is 0 Å². The fraction of sp³-hybridized carbons (Fsp3) is 0.286. The number of rotatable bonds is 6. The molecule has 1 aromatic heterocycles. The summed E-state index contributed by atoms with van der Waals surface area (Å²) in [6.45, 7) is 6.43. The van der Waals surface area contributed by atoms with Crippen LogP contribution in [0.15, 0.2) is 47.3 Å². The summed E-state index contributed by atoms with van der Waals surface area (Å²) < 4.78 is 1.51. The van der Waals surface area contributed by atoms with Gasteiger partial charge in [0.25, 0.3) is 5.56 Å². The van der Waals surface area contributed by atoms with Crippen molar-refractivity contribution >= 4 is 22.8 Å². The number of benzene rings is 2. The monoisotopic (exact) mass is 364 g/mol. The largest absolute Gasteiger partial charge is 0.277 e. The van der Waals surface area contributed by atoms with Crippen LogP contribution in [0.25, 0.3) is 10.9 Å². The van der Waals surface area contributed by atoms with Crippen molar-refractivity contribution in [3.8, 4) is 0 Å². The number of nitrogens with one attached hydrogen (secondary N) is 2. The fourth-order valence-corrected chi connectivity index (χ4v) is 3.12. The van der Waals surface area contributed by atoms with Gasteiger partial charge in [-0.1, -0.05) is 35.9 Å². The van der Waals surface area contributed by atoms with Crippen molar-refractivity contribution in [2.75, 3.05) is 5.43 Å². The molecule has 0 radical (unpaired) electrons. The lowest BCUT2D eigenvalue weighted by molar-refractivity contribution is -0.120. The summed E-state index contributed by atoms with van der Waals surface area (Å²) in [6.07, 6.45) is 1.01. The minimum Gasteiger partial charge on any atom is -0.277 e. The molecular weight excluding hydrogens is 340 g/mol. The molecule has 0 aliphatic heterocycles. The molecular formula is C21H24N4O2. The number of nitrogens with zero attached hydrogens (tertiary/aromatic N) is 2. The lowest BCUT2D eigenvalue weighted by Crippen LogP contribution is -2.34. The number of amides is 1. The zero-order chi connectivity index (χ0) is 19.4. The normalized spacial score (nSPS) is 10.8. The molecule has 0 saturated heterocycles. The van der Waals surface area contributed by atoms with Gasteiger partial charge in [-0.15, -0.1) is 0 Å². The molecule has 0 saturated carbocycles. The van der Waals surface area contributed by atoms with Crippen molar-refractivity contribution in [2.45, 2.75) is 40.2 Å². The van der Waals surface area contributed by atoms with Gasteiger partial charge in [-0.25, -0.2) is 4.98 Å². The Labute approximate surface area is 158 Å². The Morgan fingerprint density at radius 3 is 2.67 bits per heavy atom. The molecule has 6 nitrogen and oxygen atoms in total. The van der Waals surface area contributed by atoms with E-state index >= 15 is 0 Å². The Morgan fingerprint density at radius 2 is 1.93 bits per heavy atom. The van der Waals surface area contributed by atoms with Crippen molar-refractivity contribution in [3.05, 3.63) is 69.5 Å². The lowest BCUT2D eigenvalue weighted by atomic mass is 10.0. The predicted molar refractivity (Wildman–Crippen MR) is 108 cm³/mol. The zero-order valence-corrected chi connectivity index (χ0v) is 15.9. The number of fused-ring (bicyclic) bond motifs is 1. The van der Waals surface area contributed by atoms with E-state index in [1.165, 1.54) is 15.7 Å². The Morgan fingerprint density at radius 1 is 1.15 bits per heavy atom. The summed E-state index contributed by atoms with van der Waals surface area (Å²) in [6, 6.07) is 13.4. The van der Waals surface area contributed by atoms with E-state index in [1.807, 2.05) is 19.1 Å². The summed E-state index contributed by atoms with van der Waals surface area (Å²) in [4.78, 5) is 29.3. The van der Waals surface area contributed by atoms with E-state index in [9.17, 15) is 9.59 Å². The average molecular weight is 364 g/mol. The Hall–Kier alpha value is -3.15. The molecule has 0 aliphatic carbocycles. The van der Waals surface area contributed by atoms with Crippen LogP contribution in [0.3, 0.4) is 0 Å². The standard InChI is InChI=1S/C21H24N4O2/c1-4-25-20(27)17-7-5-6-8-18(17)22-21(25)24-23-19(26)12-11-16-10-9-14(2)13-15(16)3/h5-10,13H,4,11-12H2,1-3H3,(H,22,24)(H,23,26). The fourth-order valence-electron chi connectivity index (χ4n) is 3.12. The quantitative estimate of drug-likeness (QED) is 0.659. The van der Waals surface area contributed by atoms with Crippen LogP contribution < -0.4 is 16.4 Å². The lowest BCUT2D eigenvalue weighted by Gasteiger charge is -2.14. The van der Waals surface area contributed by atoms with Gasteiger partial charge in [0, 0.05) is 13.0 Å². The molecule has 2 aromatic carbocycles. The molecule has 1 heterocycles. The van der Waals surface area contributed by atoms with Crippen LogP contribution in [-0.4, -0.2) is 15.5 Å². The van der Waals surface area contributed by atoms with E-state index < -0.39 is 0 Å². The highest BCUT2D eigenvalue weighted by atomic mass is 16.2. The molecule has 3 aromatic rings. The molecule has 0 fully saturated rings. The summed E-state index contributed by atoms with van der Waals surface area (Å²) >= 11 is 0. The maximum atomic E-state index is 12.6. The molecule has 27 heavy (non-hydrogen) atoms. The second-order valence-corrected chi connectivity index (χ2v) is 6.61. The van der Waals surface area contributed by atoms with Crippen LogP contribution in [0.5, 0.6) is 0 Å². The van der Waals surface area contributed by atoms with E-state index in [-0.39, 0.29) is 11.5 Å². The van der Waals surface area contributed by atoms with Gasteiger partial charge in [-0.2, -0.15) is 0 Å². The smallest absolute Gasteiger partial charge is 0.262 e. The van der Waals surface area contributed by atoms with Crippen LogP contribution >= 0.6 is 0 Å². The summed E-state index contributed by atoms with van der Waals surface area (Å²) in [5.41, 5.74) is 9.49. The summed E-state index contributed by atoms with van der Waals surface area (Å²) in [5.74, 6) is 0.182. The van der Waals surface area contributed by atoms with E-state index in [4.69, 9.17) is 0 Å². The van der Waals surface area contributed by atoms with E-state index in [0.717, 1.165) is 5.56 Å². The molecule has 0 spiro atoms. The maximum absolute atomic E-state index is 12.6. The van der Waals surface area contributed by atoms with Crippen LogP contribution in [0.2, 0.25) is 0 Å². The molecule has 1 amide bonds. The number of anilines is 1. The zero-order valence-electron chi connectivity index (χ0n) is 15.9. The number of hydrogen-bond donors (Lipinski definition) is 2. The predicted octanol–water partition coefficient (Wildman–Crippen LogP) is 3.11. The third-order valence-electron chi connectivity index (χ3n) is 4.61. The number of hydrogen-bond acceptors (Lipinski definition) is 4. The second-order valence-electron chi connectivity index (χ2n) is 6.61. The van der Waals surface area contributed by atoms with Gasteiger partial charge in [-0.05, 0) is 50.5 Å². The summed E-state index contributed by atoms with van der Waals surface area (Å²) in [7, 11) is 0. The van der Waals surface area contributed by atoms with E-state index in [2.05, 4.69) is 47.9 Å². The van der Waals surface area contributed by atoms with Crippen molar-refractivity contribution < 1.29 is 4.79 Å². The molecule has 6 heteroatoms. The molecule has 140 valence electrons. The van der Waals surface area contributed by atoms with Crippen molar-refractivity contribution in [3.63, 3.8) is 0 Å². The van der Waals surface area contributed by atoms with Gasteiger partial charge in [0.2, 0.25) is 11.9 Å². The van der Waals surface area contributed by atoms with Crippen LogP contribution in [-0.2, 0) is 17.8 Å². The van der Waals surface area contributed by atoms with Crippen LogP contribution in [0.4, 0.5) is 5.95 Å². The molecule has 2 N–H and O–H groups in total. The Balaban J connectivity index is 1.69. The molecule has 0 aliphatic rings. The van der Waals surface area contributed by atoms with E-state index in [1.54, 1.807) is 12.1 Å². The first-order chi connectivity index (χ1) is 13.0. The van der Waals surface area contributed by atoms with Crippen LogP contribution in [0, 0.1) is 13.8 Å². The average Bonchev–Trinajstić information content (AvgIpc) is 2.66. The van der Waals surface area contributed by atoms with Gasteiger partial charge >= 0.3 is 0 Å². The first-order valence-electron chi connectivity index (χ1n) is 9.10. The first-order valence-corrected chi connectivity index (χ1v) is 9.10. The number of para-hydroxylation sites is 1. The number of aryl methyl sites for hydroxylation is 3. The Kier molecular flexibility index (Phi) is 5.54. The topological polar surface area (TPSA) is 76.0 Å². The number of hydrazine groups is 1. The third-order valence-corrected chi connectivity index (χ3v) is 4.61. The Bertz CT molecular complexity index is 1040. The van der Waals surface area contributed by atoms with Gasteiger partial charge < -0.3 is 0 Å². The number of carbonyl (C=O) groups excluding carboxylic acids is 1. The minimum absolute atomic E-state index is 0.130. The van der Waals surface area contributed by atoms with Crippen molar-refractivity contribution in [1.82, 2.24) is 15.0 Å². The van der Waals surface area contributed by atoms with E-state index in [0.29, 0.717) is 36.2 Å². The highest BCUT2D eigenvalue weighted by Gasteiger charge is 2.10. The molecule has 0 unspecified atom stereocenters. The number of carbonyl (C=O) groups is 1. The van der Waals surface area contributed by atoms with Gasteiger partial charge in [0.15, 0.2) is 0 Å². The molecule has 3 rings (SSSR count). The second kappa shape index (κ2) is 8.03. The van der Waals surface area contributed by atoms with Crippen LogP contribution in [0.1, 0.15) is 30.0 Å². The first kappa shape index (κ1) is 18.6. The summed E-state index contributed by atoms with van der Waals surface area (Å²) in [5, 5.41) is 0.561. The number of aromatic nitrogens is 2. The maximum Gasteiger partial charge on any atom is 0.262 e. The SMILES string of the molecule is CCn1c(NNC(=O)CCc2ccc(C)cc2C)nc2ccccc2c1=O. The molecule has 0 bridgehead atoms. The van der Waals surface area contributed by atoms with Gasteiger partial charge in [0.1, 0.15) is 0 Å². The highest BCUT2D eigenvalue weighted by Crippen LogP contribution is 2.13. The van der Waals surface area contributed by atoms with Crippen molar-refractivity contribution in [2.24, 2.45) is 0 Å². The third kappa shape index (κ3) is 4.16. The molecule has 0 atom stereocenters. The van der Waals surface area contributed by atoms with Gasteiger partial charge in [-0.3, -0.25) is 25.0 Å². The minimum atomic E-state index is -0.153. The highest BCUT2D eigenvalue weighted by molar-refractivity contribution is 5.80. The van der Waals surface area contributed by atoms with Gasteiger partial charge in [0.05, 0.1) is 10.9 Å².